The molecule has 7 nitrogen and oxygen atoms in total. The van der Waals surface area contributed by atoms with Crippen molar-refractivity contribution in [3.63, 3.8) is 0 Å². The van der Waals surface area contributed by atoms with Gasteiger partial charge in [0.15, 0.2) is 5.69 Å². The summed E-state index contributed by atoms with van der Waals surface area (Å²) in [6.07, 6.45) is 4.57. The first-order valence-corrected chi connectivity index (χ1v) is 11.4. The molecule has 0 amide bonds. The zero-order chi connectivity index (χ0) is 23.8. The molecule has 0 spiro atoms. The van der Waals surface area contributed by atoms with E-state index in [1.165, 1.54) is 4.68 Å². The van der Waals surface area contributed by atoms with Crippen molar-refractivity contribution >= 4 is 16.7 Å². The van der Waals surface area contributed by atoms with E-state index in [2.05, 4.69) is 17.0 Å². The molecule has 2 aromatic heterocycles. The Balaban J connectivity index is 1.43. The Bertz CT molecular complexity index is 1300. The largest absolute Gasteiger partial charge is 0.487 e. The minimum atomic E-state index is -0.559. The van der Waals surface area contributed by atoms with Gasteiger partial charge in [0, 0.05) is 18.1 Å². The maximum absolute atomic E-state index is 12.9. The fourth-order valence-electron chi connectivity index (χ4n) is 3.59. The van der Waals surface area contributed by atoms with Gasteiger partial charge < -0.3 is 9.47 Å². The minimum Gasteiger partial charge on any atom is -0.487 e. The number of nitrogens with zero attached hydrogens (tertiary/aromatic N) is 3. The molecule has 0 aliphatic heterocycles. The number of fused-ring (bicyclic) bond motifs is 1. The summed E-state index contributed by atoms with van der Waals surface area (Å²) in [5.41, 5.74) is 1.63. The van der Waals surface area contributed by atoms with E-state index in [4.69, 9.17) is 9.47 Å². The number of aryl methyl sites for hydroxylation is 1. The standard InChI is InChI=1S/C27H27N3O4/c1-2-3-8-17-30-26(31)24-11-5-4-10-23(24)25(29-30)27(32)34-18-20-12-14-22(15-13-20)33-19-21-9-6-7-16-28-21/h4-7,9-16H,2-3,8,17-19H2,1H3. The van der Waals surface area contributed by atoms with Crippen LogP contribution in [-0.4, -0.2) is 20.7 Å². The molecule has 2 aromatic carbocycles. The molecular formula is C27H27N3O4. The molecule has 0 aliphatic carbocycles. The van der Waals surface area contributed by atoms with Crippen LogP contribution >= 0.6 is 0 Å². The summed E-state index contributed by atoms with van der Waals surface area (Å²) < 4.78 is 12.7. The normalized spacial score (nSPS) is 10.9. The van der Waals surface area contributed by atoms with Crippen LogP contribution in [0.2, 0.25) is 0 Å². The Kier molecular flexibility index (Phi) is 7.65. The number of carbonyl (C=O) groups excluding carboxylic acids is 1. The molecule has 0 unspecified atom stereocenters. The third-order valence-electron chi connectivity index (χ3n) is 5.44. The maximum Gasteiger partial charge on any atom is 0.359 e. The molecule has 0 saturated heterocycles. The van der Waals surface area contributed by atoms with Gasteiger partial charge in [-0.1, -0.05) is 56.2 Å². The molecule has 4 rings (SSSR count). The van der Waals surface area contributed by atoms with Gasteiger partial charge in [-0.2, -0.15) is 5.10 Å². The summed E-state index contributed by atoms with van der Waals surface area (Å²) in [7, 11) is 0. The lowest BCUT2D eigenvalue weighted by atomic mass is 10.1. The molecule has 0 atom stereocenters. The summed E-state index contributed by atoms with van der Waals surface area (Å²) in [5.74, 6) is 0.142. The van der Waals surface area contributed by atoms with E-state index in [9.17, 15) is 9.59 Å². The number of unbranched alkanes of at least 4 members (excludes halogenated alkanes) is 2. The van der Waals surface area contributed by atoms with Crippen LogP contribution in [0.25, 0.3) is 10.8 Å². The summed E-state index contributed by atoms with van der Waals surface area (Å²) in [6, 6.07) is 20.0. The zero-order valence-electron chi connectivity index (χ0n) is 19.1. The summed E-state index contributed by atoms with van der Waals surface area (Å²) >= 11 is 0. The fraction of sp³-hybridized carbons (Fsp3) is 0.259. The van der Waals surface area contributed by atoms with Crippen LogP contribution in [0.15, 0.2) is 77.7 Å². The van der Waals surface area contributed by atoms with Crippen LogP contribution < -0.4 is 10.3 Å². The molecule has 0 bridgehead atoms. The van der Waals surface area contributed by atoms with Crippen molar-refractivity contribution in [2.45, 2.75) is 45.9 Å². The highest BCUT2D eigenvalue weighted by Gasteiger charge is 2.18. The smallest absolute Gasteiger partial charge is 0.359 e. The summed E-state index contributed by atoms with van der Waals surface area (Å²) in [5, 5.41) is 5.33. The van der Waals surface area contributed by atoms with Gasteiger partial charge >= 0.3 is 5.97 Å². The molecule has 0 aliphatic rings. The van der Waals surface area contributed by atoms with Crippen molar-refractivity contribution in [1.82, 2.24) is 14.8 Å². The highest BCUT2D eigenvalue weighted by Crippen LogP contribution is 2.17. The number of carbonyl (C=O) groups is 1. The van der Waals surface area contributed by atoms with Gasteiger partial charge in [-0.3, -0.25) is 9.78 Å². The Morgan fingerprint density at radius 1 is 0.912 bits per heavy atom. The molecular weight excluding hydrogens is 430 g/mol. The second kappa shape index (κ2) is 11.2. The Morgan fingerprint density at radius 2 is 1.68 bits per heavy atom. The van der Waals surface area contributed by atoms with Gasteiger partial charge in [-0.05, 0) is 42.3 Å². The molecule has 2 heterocycles. The van der Waals surface area contributed by atoms with Crippen molar-refractivity contribution in [1.29, 1.82) is 0 Å². The lowest BCUT2D eigenvalue weighted by Crippen LogP contribution is -2.26. The molecule has 0 N–H and O–H groups in total. The van der Waals surface area contributed by atoms with Crippen molar-refractivity contribution in [3.8, 4) is 5.75 Å². The van der Waals surface area contributed by atoms with Crippen molar-refractivity contribution in [2.75, 3.05) is 0 Å². The van der Waals surface area contributed by atoms with Gasteiger partial charge in [0.1, 0.15) is 19.0 Å². The van der Waals surface area contributed by atoms with E-state index in [0.29, 0.717) is 29.7 Å². The Labute approximate surface area is 198 Å². The van der Waals surface area contributed by atoms with Gasteiger partial charge in [0.25, 0.3) is 5.56 Å². The maximum atomic E-state index is 12.9. The van der Waals surface area contributed by atoms with Crippen LogP contribution in [0.4, 0.5) is 0 Å². The van der Waals surface area contributed by atoms with E-state index in [-0.39, 0.29) is 17.9 Å². The van der Waals surface area contributed by atoms with Gasteiger partial charge in [-0.25, -0.2) is 9.48 Å². The number of hydrogen-bond acceptors (Lipinski definition) is 6. The number of benzene rings is 2. The first-order valence-electron chi connectivity index (χ1n) is 11.4. The van der Waals surface area contributed by atoms with E-state index >= 15 is 0 Å². The highest BCUT2D eigenvalue weighted by molar-refractivity contribution is 6.02. The monoisotopic (exact) mass is 457 g/mol. The number of hydrogen-bond donors (Lipinski definition) is 0. The summed E-state index contributed by atoms with van der Waals surface area (Å²) in [6.45, 7) is 3.03. The minimum absolute atomic E-state index is 0.0876. The lowest BCUT2D eigenvalue weighted by molar-refractivity contribution is 0.0465. The molecule has 0 saturated carbocycles. The first-order chi connectivity index (χ1) is 16.7. The lowest BCUT2D eigenvalue weighted by Gasteiger charge is -2.11. The second-order valence-corrected chi connectivity index (χ2v) is 7.96. The summed E-state index contributed by atoms with van der Waals surface area (Å²) in [4.78, 5) is 29.9. The molecule has 0 radical (unpaired) electrons. The Morgan fingerprint density at radius 3 is 2.41 bits per heavy atom. The van der Waals surface area contributed by atoms with Gasteiger partial charge in [0.05, 0.1) is 11.1 Å². The molecule has 4 aromatic rings. The molecule has 34 heavy (non-hydrogen) atoms. The quantitative estimate of drug-likeness (QED) is 0.248. The van der Waals surface area contributed by atoms with Crippen molar-refractivity contribution < 1.29 is 14.3 Å². The number of aromatic nitrogens is 3. The van der Waals surface area contributed by atoms with E-state index in [1.54, 1.807) is 30.5 Å². The SMILES string of the molecule is CCCCCn1nc(C(=O)OCc2ccc(OCc3ccccn3)cc2)c2ccccc2c1=O. The molecule has 0 fully saturated rings. The first kappa shape index (κ1) is 23.2. The van der Waals surface area contributed by atoms with E-state index in [0.717, 1.165) is 30.5 Å². The number of pyridine rings is 1. The second-order valence-electron chi connectivity index (χ2n) is 7.96. The third-order valence-corrected chi connectivity index (χ3v) is 5.44. The molecule has 7 heteroatoms. The van der Waals surface area contributed by atoms with Gasteiger partial charge in [0.2, 0.25) is 0 Å². The van der Waals surface area contributed by atoms with Crippen molar-refractivity contribution in [3.05, 3.63) is 100 Å². The third kappa shape index (κ3) is 5.67. The average molecular weight is 458 g/mol. The van der Waals surface area contributed by atoms with Crippen LogP contribution in [-0.2, 0) is 24.5 Å². The zero-order valence-corrected chi connectivity index (χ0v) is 19.1. The van der Waals surface area contributed by atoms with E-state index in [1.807, 2.05) is 42.5 Å². The number of esters is 1. The van der Waals surface area contributed by atoms with Crippen LogP contribution in [0, 0.1) is 0 Å². The topological polar surface area (TPSA) is 83.3 Å². The van der Waals surface area contributed by atoms with E-state index < -0.39 is 5.97 Å². The average Bonchev–Trinajstić information content (AvgIpc) is 2.89. The Hall–Kier alpha value is -4.00. The van der Waals surface area contributed by atoms with Gasteiger partial charge in [-0.15, -0.1) is 0 Å². The highest BCUT2D eigenvalue weighted by atomic mass is 16.5. The predicted molar refractivity (Wildman–Crippen MR) is 130 cm³/mol. The number of ether oxygens (including phenoxy) is 2. The van der Waals surface area contributed by atoms with Crippen LogP contribution in [0.1, 0.15) is 47.9 Å². The van der Waals surface area contributed by atoms with Crippen molar-refractivity contribution in [2.24, 2.45) is 0 Å². The predicted octanol–water partition coefficient (Wildman–Crippen LogP) is 4.92. The van der Waals surface area contributed by atoms with Crippen LogP contribution in [0.3, 0.4) is 0 Å². The van der Waals surface area contributed by atoms with Crippen LogP contribution in [0.5, 0.6) is 5.75 Å². The molecule has 174 valence electrons. The number of rotatable bonds is 10. The fourth-order valence-corrected chi connectivity index (χ4v) is 3.59.